The smallest absolute Gasteiger partial charge is 0.111 e. The molecule has 78 valence electrons. The van der Waals surface area contributed by atoms with Crippen molar-refractivity contribution in [3.05, 3.63) is 41.0 Å². The third kappa shape index (κ3) is 1.92. The molecule has 0 bridgehead atoms. The van der Waals surface area contributed by atoms with Crippen LogP contribution in [0.25, 0.3) is 11.1 Å². The minimum atomic E-state index is 0.829. The maximum atomic E-state index is 6.04. The molecule has 1 heterocycles. The summed E-state index contributed by atoms with van der Waals surface area (Å²) < 4.78 is 3.11. The van der Waals surface area contributed by atoms with E-state index in [2.05, 4.69) is 41.1 Å². The van der Waals surface area contributed by atoms with Gasteiger partial charge in [0.1, 0.15) is 5.82 Å². The summed E-state index contributed by atoms with van der Waals surface area (Å²) in [7, 11) is 0. The Labute approximate surface area is 97.8 Å². The molecule has 0 atom stereocenters. The fourth-order valence-electron chi connectivity index (χ4n) is 1.66. The third-order valence-corrected chi connectivity index (χ3v) is 2.98. The van der Waals surface area contributed by atoms with Crippen molar-refractivity contribution >= 4 is 21.7 Å². The number of nitrogen functional groups attached to an aromatic ring is 1. The number of aryl methyl sites for hydroxylation is 1. The minimum Gasteiger partial charge on any atom is -0.385 e. The molecule has 2 aromatic rings. The Bertz CT molecular complexity index is 474. The summed E-state index contributed by atoms with van der Waals surface area (Å²) in [6, 6.07) is 10.2. The number of nitrogens with zero attached hydrogens (tertiary/aromatic N) is 1. The van der Waals surface area contributed by atoms with E-state index in [-0.39, 0.29) is 0 Å². The average Bonchev–Trinajstić information content (AvgIpc) is 2.59. The molecule has 0 amide bonds. The van der Waals surface area contributed by atoms with E-state index in [1.165, 1.54) is 0 Å². The molecule has 15 heavy (non-hydrogen) atoms. The second-order valence-electron chi connectivity index (χ2n) is 3.41. The summed E-state index contributed by atoms with van der Waals surface area (Å²) in [5.41, 5.74) is 8.29. The molecule has 0 unspecified atom stereocenters. The Kier molecular flexibility index (Phi) is 2.82. The summed E-state index contributed by atoms with van der Waals surface area (Å²) in [5, 5.41) is 0. The maximum Gasteiger partial charge on any atom is 0.111 e. The van der Waals surface area contributed by atoms with Crippen LogP contribution < -0.4 is 5.73 Å². The van der Waals surface area contributed by atoms with Crippen molar-refractivity contribution in [2.45, 2.75) is 13.5 Å². The summed E-state index contributed by atoms with van der Waals surface area (Å²) in [6.07, 6.45) is 2.02. The van der Waals surface area contributed by atoms with Crippen molar-refractivity contribution in [3.8, 4) is 11.1 Å². The fraction of sp³-hybridized carbons (Fsp3) is 0.167. The summed E-state index contributed by atoms with van der Waals surface area (Å²) in [5.74, 6) is 0.829. The van der Waals surface area contributed by atoms with Gasteiger partial charge >= 0.3 is 0 Å². The molecule has 0 aliphatic heterocycles. The molecule has 0 aliphatic carbocycles. The number of aromatic nitrogens is 1. The van der Waals surface area contributed by atoms with Gasteiger partial charge in [-0.05, 0) is 30.7 Å². The molecule has 3 heteroatoms. The van der Waals surface area contributed by atoms with Crippen molar-refractivity contribution in [1.82, 2.24) is 4.57 Å². The van der Waals surface area contributed by atoms with Crippen LogP contribution in [-0.2, 0) is 6.54 Å². The van der Waals surface area contributed by atoms with E-state index >= 15 is 0 Å². The normalized spacial score (nSPS) is 10.5. The first-order chi connectivity index (χ1) is 7.22. The zero-order valence-corrected chi connectivity index (χ0v) is 10.2. The van der Waals surface area contributed by atoms with Gasteiger partial charge in [0.05, 0.1) is 0 Å². The van der Waals surface area contributed by atoms with Crippen LogP contribution in [0, 0.1) is 0 Å². The second-order valence-corrected chi connectivity index (χ2v) is 4.33. The lowest BCUT2D eigenvalue weighted by Crippen LogP contribution is -1.99. The van der Waals surface area contributed by atoms with Gasteiger partial charge in [-0.3, -0.25) is 0 Å². The number of hydrogen-bond donors (Lipinski definition) is 1. The van der Waals surface area contributed by atoms with Gasteiger partial charge < -0.3 is 10.3 Å². The van der Waals surface area contributed by atoms with Gasteiger partial charge in [-0.1, -0.05) is 28.1 Å². The van der Waals surface area contributed by atoms with Crippen LogP contribution >= 0.6 is 15.9 Å². The molecular formula is C12H13BrN2. The third-order valence-electron chi connectivity index (χ3n) is 2.48. The lowest BCUT2D eigenvalue weighted by atomic mass is 10.1. The topological polar surface area (TPSA) is 30.9 Å². The van der Waals surface area contributed by atoms with Gasteiger partial charge in [-0.2, -0.15) is 0 Å². The molecule has 1 aromatic heterocycles. The summed E-state index contributed by atoms with van der Waals surface area (Å²) >= 11 is 3.46. The summed E-state index contributed by atoms with van der Waals surface area (Å²) in [6.45, 7) is 2.99. The predicted octanol–water partition coefficient (Wildman–Crippen LogP) is 3.52. The lowest BCUT2D eigenvalue weighted by molar-refractivity contribution is 0.780. The molecule has 2 nitrogen and oxygen atoms in total. The van der Waals surface area contributed by atoms with Crippen LogP contribution in [0.2, 0.25) is 0 Å². The standard InChI is InChI=1S/C12H13BrN2/c1-2-15-7-6-11(12(15)14)9-4-3-5-10(13)8-9/h3-8H,2,14H2,1H3. The Morgan fingerprint density at radius 3 is 2.73 bits per heavy atom. The highest BCUT2D eigenvalue weighted by Crippen LogP contribution is 2.28. The van der Waals surface area contributed by atoms with Gasteiger partial charge in [0.25, 0.3) is 0 Å². The van der Waals surface area contributed by atoms with E-state index < -0.39 is 0 Å². The largest absolute Gasteiger partial charge is 0.385 e. The van der Waals surface area contributed by atoms with E-state index in [0.717, 1.165) is 28.0 Å². The quantitative estimate of drug-likeness (QED) is 0.884. The molecule has 0 fully saturated rings. The van der Waals surface area contributed by atoms with Gasteiger partial charge in [0, 0.05) is 22.8 Å². The van der Waals surface area contributed by atoms with Crippen LogP contribution in [0.5, 0.6) is 0 Å². The monoisotopic (exact) mass is 264 g/mol. The first-order valence-electron chi connectivity index (χ1n) is 4.93. The molecule has 2 N–H and O–H groups in total. The van der Waals surface area contributed by atoms with Crippen LogP contribution in [-0.4, -0.2) is 4.57 Å². The molecule has 0 aliphatic rings. The van der Waals surface area contributed by atoms with Gasteiger partial charge in [0.2, 0.25) is 0 Å². The van der Waals surface area contributed by atoms with Crippen LogP contribution in [0.3, 0.4) is 0 Å². The molecule has 2 rings (SSSR count). The minimum absolute atomic E-state index is 0.829. The second kappa shape index (κ2) is 4.11. The summed E-state index contributed by atoms with van der Waals surface area (Å²) in [4.78, 5) is 0. The van der Waals surface area contributed by atoms with Crippen LogP contribution in [0.1, 0.15) is 6.92 Å². The van der Waals surface area contributed by atoms with Gasteiger partial charge in [-0.15, -0.1) is 0 Å². The van der Waals surface area contributed by atoms with E-state index in [1.54, 1.807) is 0 Å². The van der Waals surface area contributed by atoms with E-state index in [0.29, 0.717) is 0 Å². The van der Waals surface area contributed by atoms with Crippen molar-refractivity contribution < 1.29 is 0 Å². The molecule has 1 aromatic carbocycles. The van der Waals surface area contributed by atoms with Gasteiger partial charge in [-0.25, -0.2) is 0 Å². The first kappa shape index (κ1) is 10.3. The lowest BCUT2D eigenvalue weighted by Gasteiger charge is -2.04. The molecule has 0 saturated carbocycles. The number of halogens is 1. The van der Waals surface area contributed by atoms with Crippen molar-refractivity contribution in [2.24, 2.45) is 0 Å². The average molecular weight is 265 g/mol. The Hall–Kier alpha value is -1.22. The van der Waals surface area contributed by atoms with Crippen LogP contribution in [0.15, 0.2) is 41.0 Å². The van der Waals surface area contributed by atoms with E-state index in [1.807, 2.05) is 22.9 Å². The Balaban J connectivity index is 2.49. The van der Waals surface area contributed by atoms with E-state index in [9.17, 15) is 0 Å². The van der Waals surface area contributed by atoms with Crippen molar-refractivity contribution in [1.29, 1.82) is 0 Å². The number of nitrogens with two attached hydrogens (primary N) is 1. The maximum absolute atomic E-state index is 6.04. The predicted molar refractivity (Wildman–Crippen MR) is 67.7 cm³/mol. The zero-order valence-electron chi connectivity index (χ0n) is 8.57. The number of hydrogen-bond acceptors (Lipinski definition) is 1. The van der Waals surface area contributed by atoms with E-state index in [4.69, 9.17) is 5.73 Å². The highest BCUT2D eigenvalue weighted by Gasteiger charge is 2.06. The Morgan fingerprint density at radius 2 is 2.13 bits per heavy atom. The van der Waals surface area contributed by atoms with Gasteiger partial charge in [0.15, 0.2) is 0 Å². The highest BCUT2D eigenvalue weighted by atomic mass is 79.9. The molecule has 0 spiro atoms. The van der Waals surface area contributed by atoms with Crippen LogP contribution in [0.4, 0.5) is 5.82 Å². The zero-order chi connectivity index (χ0) is 10.8. The fourth-order valence-corrected chi connectivity index (χ4v) is 2.06. The highest BCUT2D eigenvalue weighted by molar-refractivity contribution is 9.10. The van der Waals surface area contributed by atoms with Crippen molar-refractivity contribution in [3.63, 3.8) is 0 Å². The molecular weight excluding hydrogens is 252 g/mol. The number of anilines is 1. The molecule has 0 saturated heterocycles. The SMILES string of the molecule is CCn1ccc(-c2cccc(Br)c2)c1N. The van der Waals surface area contributed by atoms with Crippen molar-refractivity contribution in [2.75, 3.05) is 5.73 Å². The Morgan fingerprint density at radius 1 is 1.33 bits per heavy atom. The molecule has 0 radical (unpaired) electrons. The number of benzene rings is 1. The number of rotatable bonds is 2. The first-order valence-corrected chi connectivity index (χ1v) is 5.72.